The third-order valence-electron chi connectivity index (χ3n) is 4.42. The van der Waals surface area contributed by atoms with Gasteiger partial charge in [0.2, 0.25) is 0 Å². The SMILES string of the molecule is CC(COCC(CO)C(C)C)CC1(O)CCCCC1. The molecule has 0 heterocycles. The molecule has 0 aromatic heterocycles. The van der Waals surface area contributed by atoms with Gasteiger partial charge in [0.25, 0.3) is 0 Å². The van der Waals surface area contributed by atoms with Crippen molar-refractivity contribution >= 4 is 0 Å². The Morgan fingerprint density at radius 3 is 2.21 bits per heavy atom. The monoisotopic (exact) mass is 272 g/mol. The van der Waals surface area contributed by atoms with E-state index in [0.717, 1.165) is 32.1 Å². The fourth-order valence-electron chi connectivity index (χ4n) is 3.00. The Kier molecular flexibility index (Phi) is 7.33. The van der Waals surface area contributed by atoms with E-state index in [2.05, 4.69) is 20.8 Å². The lowest BCUT2D eigenvalue weighted by atomic mass is 9.79. The smallest absolute Gasteiger partial charge is 0.0651 e. The lowest BCUT2D eigenvalue weighted by Crippen LogP contribution is -2.34. The van der Waals surface area contributed by atoms with Crippen molar-refractivity contribution in [3.8, 4) is 0 Å². The Morgan fingerprint density at radius 2 is 1.68 bits per heavy atom. The first-order valence-electron chi connectivity index (χ1n) is 7.88. The van der Waals surface area contributed by atoms with Gasteiger partial charge < -0.3 is 14.9 Å². The fraction of sp³-hybridized carbons (Fsp3) is 1.00. The van der Waals surface area contributed by atoms with Crippen molar-refractivity contribution in [2.45, 2.75) is 64.9 Å². The summed E-state index contributed by atoms with van der Waals surface area (Å²) in [4.78, 5) is 0. The van der Waals surface area contributed by atoms with Gasteiger partial charge in [0.05, 0.1) is 12.2 Å². The molecule has 2 atom stereocenters. The van der Waals surface area contributed by atoms with Crippen LogP contribution in [0.3, 0.4) is 0 Å². The maximum Gasteiger partial charge on any atom is 0.0651 e. The van der Waals surface area contributed by atoms with Crippen LogP contribution in [-0.4, -0.2) is 35.6 Å². The molecule has 0 bridgehead atoms. The van der Waals surface area contributed by atoms with Crippen LogP contribution in [0.1, 0.15) is 59.3 Å². The van der Waals surface area contributed by atoms with E-state index in [1.807, 2.05) is 0 Å². The van der Waals surface area contributed by atoms with Gasteiger partial charge in [-0.1, -0.05) is 40.0 Å². The number of rotatable bonds is 8. The zero-order valence-corrected chi connectivity index (χ0v) is 12.9. The molecule has 3 nitrogen and oxygen atoms in total. The van der Waals surface area contributed by atoms with Crippen molar-refractivity contribution in [1.82, 2.24) is 0 Å². The van der Waals surface area contributed by atoms with E-state index in [1.165, 1.54) is 6.42 Å². The van der Waals surface area contributed by atoms with E-state index in [4.69, 9.17) is 4.74 Å². The molecule has 0 radical (unpaired) electrons. The minimum atomic E-state index is -0.449. The Balaban J connectivity index is 2.21. The van der Waals surface area contributed by atoms with Gasteiger partial charge in [-0.15, -0.1) is 0 Å². The molecule has 1 rings (SSSR count). The first-order chi connectivity index (χ1) is 8.97. The van der Waals surface area contributed by atoms with E-state index in [9.17, 15) is 10.2 Å². The summed E-state index contributed by atoms with van der Waals surface area (Å²) < 4.78 is 5.73. The number of hydrogen-bond donors (Lipinski definition) is 2. The summed E-state index contributed by atoms with van der Waals surface area (Å²) in [5.41, 5.74) is -0.449. The Labute approximate surface area is 118 Å². The summed E-state index contributed by atoms with van der Waals surface area (Å²) in [5, 5.41) is 19.7. The zero-order chi connectivity index (χ0) is 14.3. The molecule has 0 saturated heterocycles. The summed E-state index contributed by atoms with van der Waals surface area (Å²) in [5.74, 6) is 1.06. The van der Waals surface area contributed by atoms with Crippen LogP contribution < -0.4 is 0 Å². The molecule has 0 spiro atoms. The molecule has 0 amide bonds. The summed E-state index contributed by atoms with van der Waals surface area (Å²) in [7, 11) is 0. The van der Waals surface area contributed by atoms with Crippen LogP contribution in [0.25, 0.3) is 0 Å². The van der Waals surface area contributed by atoms with E-state index in [1.54, 1.807) is 0 Å². The predicted octanol–water partition coefficient (Wildman–Crippen LogP) is 2.99. The van der Waals surface area contributed by atoms with Crippen molar-refractivity contribution < 1.29 is 14.9 Å². The molecule has 1 saturated carbocycles. The molecular formula is C16H32O3. The average molecular weight is 272 g/mol. The van der Waals surface area contributed by atoms with Gasteiger partial charge >= 0.3 is 0 Å². The van der Waals surface area contributed by atoms with E-state index in [0.29, 0.717) is 25.0 Å². The molecular weight excluding hydrogens is 240 g/mol. The summed E-state index contributed by atoms with van der Waals surface area (Å²) >= 11 is 0. The highest BCUT2D eigenvalue weighted by molar-refractivity contribution is 4.83. The lowest BCUT2D eigenvalue weighted by Gasteiger charge is -2.34. The maximum atomic E-state index is 10.5. The van der Waals surface area contributed by atoms with E-state index in [-0.39, 0.29) is 12.5 Å². The average Bonchev–Trinajstić information content (AvgIpc) is 2.34. The second kappa shape index (κ2) is 8.23. The normalized spacial score (nSPS) is 22.4. The maximum absolute atomic E-state index is 10.5. The molecule has 0 aliphatic heterocycles. The van der Waals surface area contributed by atoms with Gasteiger partial charge in [-0.05, 0) is 31.1 Å². The van der Waals surface area contributed by atoms with Crippen molar-refractivity contribution in [3.05, 3.63) is 0 Å². The van der Waals surface area contributed by atoms with Gasteiger partial charge in [-0.3, -0.25) is 0 Å². The Bertz CT molecular complexity index is 234. The van der Waals surface area contributed by atoms with E-state index >= 15 is 0 Å². The third-order valence-corrected chi connectivity index (χ3v) is 4.42. The molecule has 19 heavy (non-hydrogen) atoms. The van der Waals surface area contributed by atoms with Gasteiger partial charge in [0.15, 0.2) is 0 Å². The number of aliphatic hydroxyl groups is 2. The van der Waals surface area contributed by atoms with Crippen LogP contribution in [0.4, 0.5) is 0 Å². The largest absolute Gasteiger partial charge is 0.396 e. The topological polar surface area (TPSA) is 49.7 Å². The molecule has 0 aromatic carbocycles. The molecule has 2 unspecified atom stereocenters. The predicted molar refractivity (Wildman–Crippen MR) is 78.0 cm³/mol. The van der Waals surface area contributed by atoms with Crippen molar-refractivity contribution in [1.29, 1.82) is 0 Å². The van der Waals surface area contributed by atoms with E-state index < -0.39 is 5.60 Å². The Morgan fingerprint density at radius 1 is 1.05 bits per heavy atom. The summed E-state index contributed by atoms with van der Waals surface area (Å²) in [6.45, 7) is 7.87. The molecule has 3 heteroatoms. The lowest BCUT2D eigenvalue weighted by molar-refractivity contribution is -0.0333. The molecule has 1 aliphatic rings. The standard InChI is InChI=1S/C16H32O3/c1-13(2)15(10-17)12-19-11-14(3)9-16(18)7-5-4-6-8-16/h13-15,17-18H,4-12H2,1-3H3. The number of aliphatic hydroxyl groups excluding tert-OH is 1. The summed E-state index contributed by atoms with van der Waals surface area (Å²) in [6, 6.07) is 0. The van der Waals surface area contributed by atoms with Crippen molar-refractivity contribution in [3.63, 3.8) is 0 Å². The van der Waals surface area contributed by atoms with Gasteiger partial charge in [0.1, 0.15) is 0 Å². The molecule has 2 N–H and O–H groups in total. The van der Waals surface area contributed by atoms with Crippen molar-refractivity contribution in [2.24, 2.45) is 17.8 Å². The third kappa shape index (κ3) is 6.24. The van der Waals surface area contributed by atoms with Gasteiger partial charge in [0, 0.05) is 19.1 Å². The van der Waals surface area contributed by atoms with Crippen molar-refractivity contribution in [2.75, 3.05) is 19.8 Å². The van der Waals surface area contributed by atoms with Crippen LogP contribution in [0.15, 0.2) is 0 Å². The highest BCUT2D eigenvalue weighted by Crippen LogP contribution is 2.33. The number of ether oxygens (including phenoxy) is 1. The van der Waals surface area contributed by atoms with Gasteiger partial charge in [-0.2, -0.15) is 0 Å². The molecule has 1 aliphatic carbocycles. The second-order valence-corrected chi connectivity index (χ2v) is 6.82. The highest BCUT2D eigenvalue weighted by atomic mass is 16.5. The zero-order valence-electron chi connectivity index (χ0n) is 12.9. The number of hydrogen-bond acceptors (Lipinski definition) is 3. The van der Waals surface area contributed by atoms with Gasteiger partial charge in [-0.25, -0.2) is 0 Å². The Hall–Kier alpha value is -0.120. The quantitative estimate of drug-likeness (QED) is 0.714. The first kappa shape index (κ1) is 16.9. The fourth-order valence-corrected chi connectivity index (χ4v) is 3.00. The van der Waals surface area contributed by atoms with Crippen LogP contribution in [0.2, 0.25) is 0 Å². The summed E-state index contributed by atoms with van der Waals surface area (Å²) in [6.07, 6.45) is 6.32. The van der Waals surface area contributed by atoms with Crippen LogP contribution in [-0.2, 0) is 4.74 Å². The van der Waals surface area contributed by atoms with Crippen LogP contribution in [0, 0.1) is 17.8 Å². The minimum Gasteiger partial charge on any atom is -0.396 e. The molecule has 114 valence electrons. The second-order valence-electron chi connectivity index (χ2n) is 6.82. The minimum absolute atomic E-state index is 0.190. The molecule has 1 fully saturated rings. The highest BCUT2D eigenvalue weighted by Gasteiger charge is 2.30. The molecule has 0 aromatic rings. The van der Waals surface area contributed by atoms with Crippen LogP contribution in [0.5, 0.6) is 0 Å². The van der Waals surface area contributed by atoms with Crippen LogP contribution >= 0.6 is 0 Å². The first-order valence-corrected chi connectivity index (χ1v) is 7.88.